The SMILES string of the molecule is C.C=CCBr.C=CCOC1CC(CCc2ccc3cccnc3n2)C1.OC1CC(CCc2ccc3cccnc3n2)C1. The number of pyridine rings is 4. The van der Waals surface area contributed by atoms with Crippen molar-refractivity contribution in [2.24, 2.45) is 11.8 Å². The highest BCUT2D eigenvalue weighted by Gasteiger charge is 2.29. The number of allylic oxidation sites excluding steroid dienone is 1. The van der Waals surface area contributed by atoms with Gasteiger partial charge in [0, 0.05) is 39.9 Å². The van der Waals surface area contributed by atoms with E-state index in [4.69, 9.17) is 4.74 Å². The molecule has 6 rings (SSSR count). The van der Waals surface area contributed by atoms with Crippen LogP contribution in [-0.4, -0.2) is 49.2 Å². The van der Waals surface area contributed by atoms with E-state index in [2.05, 4.69) is 73.3 Å². The first-order valence-electron chi connectivity index (χ1n) is 14.6. The van der Waals surface area contributed by atoms with E-state index in [0.717, 1.165) is 76.8 Å². The predicted octanol–water partition coefficient (Wildman–Crippen LogP) is 8.08. The first-order valence-corrected chi connectivity index (χ1v) is 15.7. The topological polar surface area (TPSA) is 81.0 Å². The van der Waals surface area contributed by atoms with Crippen molar-refractivity contribution in [1.29, 1.82) is 0 Å². The number of nitrogens with zero attached hydrogens (tertiary/aromatic N) is 4. The molecule has 0 spiro atoms. The Bertz CT molecular complexity index is 1390. The number of alkyl halides is 1. The molecule has 6 nitrogen and oxygen atoms in total. The van der Waals surface area contributed by atoms with Gasteiger partial charge in [-0.15, -0.1) is 13.2 Å². The van der Waals surface area contributed by atoms with Crippen LogP contribution in [0, 0.1) is 11.8 Å². The van der Waals surface area contributed by atoms with Crippen LogP contribution in [0.5, 0.6) is 0 Å². The van der Waals surface area contributed by atoms with Crippen LogP contribution in [0.4, 0.5) is 0 Å². The Kier molecular flexibility index (Phi) is 14.2. The summed E-state index contributed by atoms with van der Waals surface area (Å²) >= 11 is 3.13. The second kappa shape index (κ2) is 17.8. The monoisotopic (exact) mass is 632 g/mol. The molecule has 1 N–H and O–H groups in total. The molecule has 0 aromatic carbocycles. The molecule has 42 heavy (non-hydrogen) atoms. The fourth-order valence-electron chi connectivity index (χ4n) is 5.15. The molecular weight excluding hydrogens is 588 g/mol. The number of aliphatic hydroxyl groups excluding tert-OH is 1. The smallest absolute Gasteiger partial charge is 0.159 e. The zero-order chi connectivity index (χ0) is 28.9. The summed E-state index contributed by atoms with van der Waals surface area (Å²) in [6.07, 6.45) is 16.2. The van der Waals surface area contributed by atoms with E-state index < -0.39 is 0 Å². The highest BCUT2D eigenvalue weighted by Crippen LogP contribution is 2.33. The van der Waals surface area contributed by atoms with Gasteiger partial charge in [0.2, 0.25) is 0 Å². The molecule has 2 saturated carbocycles. The largest absolute Gasteiger partial charge is 0.393 e. The van der Waals surface area contributed by atoms with Gasteiger partial charge >= 0.3 is 0 Å². The summed E-state index contributed by atoms with van der Waals surface area (Å²) < 4.78 is 5.62. The van der Waals surface area contributed by atoms with Gasteiger partial charge in [-0.05, 0) is 112 Å². The Labute approximate surface area is 259 Å². The minimum Gasteiger partial charge on any atom is -0.393 e. The second-order valence-electron chi connectivity index (χ2n) is 10.8. The number of fused-ring (bicyclic) bond motifs is 2. The molecule has 0 aliphatic heterocycles. The lowest BCUT2D eigenvalue weighted by molar-refractivity contribution is -0.0192. The van der Waals surface area contributed by atoms with E-state index >= 15 is 0 Å². The van der Waals surface area contributed by atoms with E-state index in [1.165, 1.54) is 19.3 Å². The molecule has 2 aliphatic carbocycles. The second-order valence-corrected chi connectivity index (χ2v) is 11.4. The van der Waals surface area contributed by atoms with Crippen molar-refractivity contribution >= 4 is 38.0 Å². The first kappa shape index (κ1) is 33.5. The van der Waals surface area contributed by atoms with Gasteiger partial charge in [-0.25, -0.2) is 19.9 Å². The average Bonchev–Trinajstić information content (AvgIpc) is 2.98. The van der Waals surface area contributed by atoms with Gasteiger partial charge in [0.05, 0.1) is 18.8 Å². The quantitative estimate of drug-likeness (QED) is 0.141. The maximum absolute atomic E-state index is 9.23. The number of aliphatic hydroxyl groups is 1. The molecular formula is C35H45BrN4O2. The maximum Gasteiger partial charge on any atom is 0.159 e. The van der Waals surface area contributed by atoms with E-state index in [1.54, 1.807) is 18.5 Å². The molecule has 2 aliphatic rings. The van der Waals surface area contributed by atoms with Crippen molar-refractivity contribution in [2.75, 3.05) is 11.9 Å². The van der Waals surface area contributed by atoms with Crippen molar-refractivity contribution in [2.45, 2.75) is 71.0 Å². The van der Waals surface area contributed by atoms with Gasteiger partial charge in [0.1, 0.15) is 0 Å². The number of aromatic nitrogens is 4. The molecule has 224 valence electrons. The van der Waals surface area contributed by atoms with Crippen LogP contribution in [0.3, 0.4) is 0 Å². The van der Waals surface area contributed by atoms with Gasteiger partial charge in [-0.1, -0.05) is 35.5 Å². The molecule has 0 atom stereocenters. The number of aryl methyl sites for hydroxylation is 2. The fraction of sp³-hybridized carbons (Fsp3) is 0.429. The molecule has 4 aromatic heterocycles. The number of hydrogen-bond donors (Lipinski definition) is 1. The summed E-state index contributed by atoms with van der Waals surface area (Å²) in [5.41, 5.74) is 3.94. The normalized spacial score (nSPS) is 20.4. The van der Waals surface area contributed by atoms with Gasteiger partial charge in [0.15, 0.2) is 11.3 Å². The number of rotatable bonds is 10. The van der Waals surface area contributed by atoms with Crippen LogP contribution in [0.1, 0.15) is 57.3 Å². The van der Waals surface area contributed by atoms with E-state index in [0.29, 0.717) is 18.6 Å². The van der Waals surface area contributed by atoms with Crippen LogP contribution >= 0.6 is 15.9 Å². The molecule has 4 heterocycles. The summed E-state index contributed by atoms with van der Waals surface area (Å²) in [7, 11) is 0. The van der Waals surface area contributed by atoms with Gasteiger partial charge in [0.25, 0.3) is 0 Å². The van der Waals surface area contributed by atoms with Crippen molar-refractivity contribution in [1.82, 2.24) is 19.9 Å². The predicted molar refractivity (Wildman–Crippen MR) is 178 cm³/mol. The molecule has 0 radical (unpaired) electrons. The maximum atomic E-state index is 9.23. The van der Waals surface area contributed by atoms with Crippen molar-refractivity contribution < 1.29 is 9.84 Å². The van der Waals surface area contributed by atoms with Crippen LogP contribution in [-0.2, 0) is 17.6 Å². The minimum atomic E-state index is -0.0498. The molecule has 4 aromatic rings. The first-order chi connectivity index (χ1) is 20.1. The highest BCUT2D eigenvalue weighted by molar-refractivity contribution is 9.09. The van der Waals surface area contributed by atoms with Crippen LogP contribution in [0.25, 0.3) is 22.1 Å². The number of hydrogen-bond acceptors (Lipinski definition) is 6. The van der Waals surface area contributed by atoms with Gasteiger partial charge in [-0.3, -0.25) is 0 Å². The van der Waals surface area contributed by atoms with E-state index in [-0.39, 0.29) is 13.5 Å². The third-order valence-corrected chi connectivity index (χ3v) is 8.08. The third kappa shape index (κ3) is 10.4. The number of halogens is 1. The Balaban J connectivity index is 0.000000202. The van der Waals surface area contributed by atoms with Gasteiger partial charge in [-0.2, -0.15) is 0 Å². The Morgan fingerprint density at radius 2 is 1.29 bits per heavy atom. The zero-order valence-electron chi connectivity index (χ0n) is 23.7. The Morgan fingerprint density at radius 1 is 0.786 bits per heavy atom. The van der Waals surface area contributed by atoms with E-state index in [1.807, 2.05) is 30.3 Å². The average molecular weight is 634 g/mol. The Morgan fingerprint density at radius 3 is 1.74 bits per heavy atom. The summed E-state index contributed by atoms with van der Waals surface area (Å²) in [5.74, 6) is 1.47. The molecule has 0 unspecified atom stereocenters. The lowest BCUT2D eigenvalue weighted by Gasteiger charge is -2.34. The minimum absolute atomic E-state index is 0. The fourth-order valence-corrected chi connectivity index (χ4v) is 5.15. The van der Waals surface area contributed by atoms with Crippen LogP contribution in [0.2, 0.25) is 0 Å². The van der Waals surface area contributed by atoms with Crippen molar-refractivity contribution in [3.8, 4) is 0 Å². The zero-order valence-corrected chi connectivity index (χ0v) is 25.3. The summed E-state index contributed by atoms with van der Waals surface area (Å²) in [6.45, 7) is 7.78. The lowest BCUT2D eigenvalue weighted by atomic mass is 9.79. The summed E-state index contributed by atoms with van der Waals surface area (Å²) in [5, 5.41) is 12.3. The van der Waals surface area contributed by atoms with Crippen LogP contribution in [0.15, 0.2) is 86.2 Å². The van der Waals surface area contributed by atoms with Crippen LogP contribution < -0.4 is 0 Å². The molecule has 2 fully saturated rings. The van der Waals surface area contributed by atoms with Gasteiger partial charge < -0.3 is 9.84 Å². The standard InChI is InChI=1S/C17H20N2O.C14H16N2O.C3H5Br.CH4/c1-2-10-20-16-11-13(12-16)5-7-15-8-6-14-4-3-9-18-17(14)19-15;17-13-8-10(9-13)3-5-12-6-4-11-2-1-7-15-14(11)16-12;1-2-3-4;/h2-4,6,8-9,13,16H,1,5,7,10-12H2;1-2,4,6-7,10,13,17H,3,5,8-9H2;2H,1,3H2;1H4. The molecule has 0 amide bonds. The molecule has 7 heteroatoms. The lowest BCUT2D eigenvalue weighted by Crippen LogP contribution is -2.31. The number of ether oxygens (including phenoxy) is 1. The van der Waals surface area contributed by atoms with E-state index in [9.17, 15) is 5.11 Å². The van der Waals surface area contributed by atoms with Crippen molar-refractivity contribution in [3.63, 3.8) is 0 Å². The van der Waals surface area contributed by atoms with Crippen molar-refractivity contribution in [3.05, 3.63) is 97.6 Å². The Hall–Kier alpha value is -3.00. The third-order valence-electron chi connectivity index (χ3n) is 7.62. The molecule has 0 bridgehead atoms. The summed E-state index contributed by atoms with van der Waals surface area (Å²) in [4.78, 5) is 17.7. The summed E-state index contributed by atoms with van der Waals surface area (Å²) in [6, 6.07) is 16.4. The molecule has 0 saturated heterocycles. The highest BCUT2D eigenvalue weighted by atomic mass is 79.9.